The van der Waals surface area contributed by atoms with Crippen LogP contribution in [-0.2, 0) is 0 Å². The average Bonchev–Trinajstić information content (AvgIpc) is 3.60. The fourth-order valence-electron chi connectivity index (χ4n) is 8.52. The van der Waals surface area contributed by atoms with E-state index in [9.17, 15) is 0 Å². The van der Waals surface area contributed by atoms with E-state index in [1.165, 1.54) is 21.7 Å². The molecule has 0 fully saturated rings. The van der Waals surface area contributed by atoms with Crippen molar-refractivity contribution in [2.45, 2.75) is 0 Å². The van der Waals surface area contributed by atoms with Gasteiger partial charge in [-0.15, -0.1) is 0 Å². The van der Waals surface area contributed by atoms with Gasteiger partial charge in [-0.3, -0.25) is 0 Å². The van der Waals surface area contributed by atoms with Gasteiger partial charge >= 0.3 is 0 Å². The summed E-state index contributed by atoms with van der Waals surface area (Å²) in [5.41, 5.74) is 11.2. The third-order valence-corrected chi connectivity index (χ3v) is 10.9. The van der Waals surface area contributed by atoms with Crippen LogP contribution in [0.25, 0.3) is 71.3 Å². The van der Waals surface area contributed by atoms with E-state index in [1.807, 2.05) is 12.1 Å². The highest BCUT2D eigenvalue weighted by atomic mass is 16.5. The zero-order chi connectivity index (χ0) is 37.6. The monoisotopic (exact) mass is 722 g/mol. The number of methoxy groups -OCH3 is 2. The van der Waals surface area contributed by atoms with Crippen LogP contribution in [0.5, 0.6) is 11.5 Å². The molecule has 1 heterocycles. The van der Waals surface area contributed by atoms with E-state index in [1.54, 1.807) is 14.2 Å². The summed E-state index contributed by atoms with van der Waals surface area (Å²) in [5, 5.41) is 7.03. The summed E-state index contributed by atoms with van der Waals surface area (Å²) < 4.78 is 14.0. The van der Waals surface area contributed by atoms with E-state index in [4.69, 9.17) is 9.47 Å². The SMILES string of the molecule is COc1cccc(-c2c3ccccc3c(-c3cccc(OC)c3)c3c(N(c4ccccc4)c4ccc5c(c4)c4ccccc4n5-c4ccccc4)cccc23)c1. The highest BCUT2D eigenvalue weighted by Gasteiger charge is 2.24. The number of benzene rings is 9. The maximum Gasteiger partial charge on any atom is 0.119 e. The molecule has 0 saturated carbocycles. The molecule has 268 valence electrons. The number of aromatic nitrogens is 1. The molecule has 0 aliphatic heterocycles. The number of hydrogen-bond acceptors (Lipinski definition) is 3. The fraction of sp³-hybridized carbons (Fsp3) is 0.0385. The summed E-state index contributed by atoms with van der Waals surface area (Å²) in [5.74, 6) is 1.64. The minimum Gasteiger partial charge on any atom is -0.497 e. The quantitative estimate of drug-likeness (QED) is 0.146. The van der Waals surface area contributed by atoms with Crippen molar-refractivity contribution in [1.82, 2.24) is 4.57 Å². The number of ether oxygens (including phenoxy) is 2. The molecule has 1 aromatic heterocycles. The van der Waals surface area contributed by atoms with Crippen LogP contribution >= 0.6 is 0 Å². The first-order valence-corrected chi connectivity index (χ1v) is 18.9. The predicted molar refractivity (Wildman–Crippen MR) is 234 cm³/mol. The molecule has 0 bridgehead atoms. The number of nitrogens with zero attached hydrogens (tertiary/aromatic N) is 2. The van der Waals surface area contributed by atoms with Gasteiger partial charge in [0.25, 0.3) is 0 Å². The standard InChI is InChI=1S/C52H38N2O2/c1-55-40-22-13-16-35(32-40)50-43-25-9-10-26-44(43)51(36-17-14-23-41(33-36)56-2)52-45(50)27-15-29-49(52)53(37-18-5-3-6-19-37)39-30-31-48-46(34-39)42-24-11-12-28-47(42)54(48)38-20-7-4-8-21-38/h3-34H,1-2H3. The first-order valence-electron chi connectivity index (χ1n) is 18.9. The highest BCUT2D eigenvalue weighted by molar-refractivity contribution is 6.25. The second-order valence-corrected chi connectivity index (χ2v) is 14.0. The Labute approximate surface area is 326 Å². The van der Waals surface area contributed by atoms with Gasteiger partial charge in [0.15, 0.2) is 0 Å². The van der Waals surface area contributed by atoms with Gasteiger partial charge in [0.1, 0.15) is 11.5 Å². The Morgan fingerprint density at radius 2 is 0.946 bits per heavy atom. The van der Waals surface area contributed by atoms with E-state index in [2.05, 4.69) is 191 Å². The second-order valence-electron chi connectivity index (χ2n) is 14.0. The Balaban J connectivity index is 1.33. The van der Waals surface area contributed by atoms with Gasteiger partial charge in [0.05, 0.1) is 30.9 Å². The Bertz CT molecular complexity index is 3060. The van der Waals surface area contributed by atoms with Gasteiger partial charge in [-0.1, -0.05) is 115 Å². The summed E-state index contributed by atoms with van der Waals surface area (Å²) >= 11 is 0. The van der Waals surface area contributed by atoms with Crippen molar-refractivity contribution in [2.75, 3.05) is 19.1 Å². The van der Waals surface area contributed by atoms with E-state index < -0.39 is 0 Å². The van der Waals surface area contributed by atoms with Crippen molar-refractivity contribution in [1.29, 1.82) is 0 Å². The predicted octanol–water partition coefficient (Wildman–Crippen LogP) is 13.9. The van der Waals surface area contributed by atoms with Crippen LogP contribution in [0.3, 0.4) is 0 Å². The summed E-state index contributed by atoms with van der Waals surface area (Å²) in [7, 11) is 3.46. The molecule has 0 amide bonds. The molecule has 4 nitrogen and oxygen atoms in total. The minimum atomic E-state index is 0.814. The molecule has 4 heteroatoms. The molecule has 0 aliphatic carbocycles. The van der Waals surface area contributed by atoms with E-state index >= 15 is 0 Å². The summed E-state index contributed by atoms with van der Waals surface area (Å²) in [6, 6.07) is 69.3. The van der Waals surface area contributed by atoms with Crippen LogP contribution in [0.4, 0.5) is 17.1 Å². The lowest BCUT2D eigenvalue weighted by molar-refractivity contribution is 0.415. The Morgan fingerprint density at radius 3 is 1.64 bits per heavy atom. The van der Waals surface area contributed by atoms with Crippen molar-refractivity contribution in [2.24, 2.45) is 0 Å². The molecule has 0 atom stereocenters. The zero-order valence-electron chi connectivity index (χ0n) is 31.2. The molecule has 0 saturated heterocycles. The van der Waals surface area contributed by atoms with Gasteiger partial charge < -0.3 is 18.9 Å². The van der Waals surface area contributed by atoms with Crippen LogP contribution < -0.4 is 14.4 Å². The maximum absolute atomic E-state index is 5.82. The van der Waals surface area contributed by atoms with Crippen molar-refractivity contribution in [3.05, 3.63) is 194 Å². The van der Waals surface area contributed by atoms with E-state index in [0.717, 1.165) is 78.2 Å². The van der Waals surface area contributed by atoms with E-state index in [-0.39, 0.29) is 0 Å². The first-order chi connectivity index (χ1) is 27.7. The first kappa shape index (κ1) is 33.3. The average molecular weight is 723 g/mol. The molecule has 56 heavy (non-hydrogen) atoms. The van der Waals surface area contributed by atoms with Crippen LogP contribution in [0.2, 0.25) is 0 Å². The lowest BCUT2D eigenvalue weighted by Crippen LogP contribution is -2.11. The molecule has 0 unspecified atom stereocenters. The third kappa shape index (κ3) is 5.46. The van der Waals surface area contributed by atoms with Crippen LogP contribution in [-0.4, -0.2) is 18.8 Å². The molecule has 0 N–H and O–H groups in total. The lowest BCUT2D eigenvalue weighted by Gasteiger charge is -2.29. The van der Waals surface area contributed by atoms with Crippen molar-refractivity contribution in [3.63, 3.8) is 0 Å². The summed E-state index contributed by atoms with van der Waals surface area (Å²) in [6.45, 7) is 0. The number of hydrogen-bond donors (Lipinski definition) is 0. The topological polar surface area (TPSA) is 26.6 Å². The number of anilines is 3. The molecule has 0 spiro atoms. The lowest BCUT2D eigenvalue weighted by atomic mass is 9.85. The number of rotatable bonds is 8. The van der Waals surface area contributed by atoms with Gasteiger partial charge in [0.2, 0.25) is 0 Å². The molecule has 10 aromatic rings. The Hall–Kier alpha value is -7.30. The van der Waals surface area contributed by atoms with Crippen molar-refractivity contribution < 1.29 is 9.47 Å². The molecule has 10 rings (SSSR count). The summed E-state index contributed by atoms with van der Waals surface area (Å²) in [6.07, 6.45) is 0. The molecule has 0 radical (unpaired) electrons. The van der Waals surface area contributed by atoms with Gasteiger partial charge in [-0.25, -0.2) is 0 Å². The van der Waals surface area contributed by atoms with Gasteiger partial charge in [0, 0.05) is 33.2 Å². The highest BCUT2D eigenvalue weighted by Crippen LogP contribution is 2.50. The molecular weight excluding hydrogens is 685 g/mol. The molecular formula is C52H38N2O2. The zero-order valence-corrected chi connectivity index (χ0v) is 31.2. The second kappa shape index (κ2) is 13.8. The molecule has 0 aliphatic rings. The van der Waals surface area contributed by atoms with Gasteiger partial charge in [-0.2, -0.15) is 0 Å². The van der Waals surface area contributed by atoms with E-state index in [0.29, 0.717) is 0 Å². The minimum absolute atomic E-state index is 0.814. The third-order valence-electron chi connectivity index (χ3n) is 10.9. The van der Waals surface area contributed by atoms with Crippen LogP contribution in [0.15, 0.2) is 194 Å². The van der Waals surface area contributed by atoms with Crippen LogP contribution in [0.1, 0.15) is 0 Å². The maximum atomic E-state index is 5.82. The number of fused-ring (bicyclic) bond motifs is 5. The normalized spacial score (nSPS) is 11.4. The van der Waals surface area contributed by atoms with Gasteiger partial charge in [-0.05, 0) is 117 Å². The largest absolute Gasteiger partial charge is 0.497 e. The Morgan fingerprint density at radius 1 is 0.393 bits per heavy atom. The smallest absolute Gasteiger partial charge is 0.119 e. The van der Waals surface area contributed by atoms with Crippen LogP contribution in [0, 0.1) is 0 Å². The fourth-order valence-corrected chi connectivity index (χ4v) is 8.52. The molecule has 9 aromatic carbocycles. The Kier molecular flexibility index (Phi) is 8.23. The van der Waals surface area contributed by atoms with Crippen molar-refractivity contribution >= 4 is 60.4 Å². The summed E-state index contributed by atoms with van der Waals surface area (Å²) in [4.78, 5) is 2.42. The van der Waals surface area contributed by atoms with Crippen molar-refractivity contribution in [3.8, 4) is 39.4 Å². The number of para-hydroxylation sites is 3.